The molecule has 2 aromatic carbocycles. The highest BCUT2D eigenvalue weighted by Crippen LogP contribution is 2.48. The van der Waals surface area contributed by atoms with Crippen LogP contribution in [0.1, 0.15) is 66.8 Å². The fourth-order valence-electron chi connectivity index (χ4n) is 5.03. The van der Waals surface area contributed by atoms with Crippen LogP contribution in [0, 0.1) is 18.8 Å². The van der Waals surface area contributed by atoms with Gasteiger partial charge in [-0.3, -0.25) is 0 Å². The molecular weight excluding hydrogens is 433 g/mol. The van der Waals surface area contributed by atoms with Crippen LogP contribution in [0.5, 0.6) is 0 Å². The largest absolute Gasteiger partial charge is 0.416 e. The average Bonchev–Trinajstić information content (AvgIpc) is 3.33. The van der Waals surface area contributed by atoms with E-state index in [1.807, 2.05) is 6.20 Å². The first-order valence-electron chi connectivity index (χ1n) is 12.2. The maximum absolute atomic E-state index is 13.0. The highest BCUT2D eigenvalue weighted by molar-refractivity contribution is 5.84. The van der Waals surface area contributed by atoms with E-state index in [9.17, 15) is 13.2 Å². The normalized spacial score (nSPS) is 19.5. The molecule has 0 radical (unpaired) electrons. The molecule has 0 spiro atoms. The number of hydrogen-bond acceptors (Lipinski definition) is 1. The minimum atomic E-state index is -4.32. The Kier molecular flexibility index (Phi) is 6.84. The third kappa shape index (κ3) is 5.34. The minimum absolute atomic E-state index is 0.270. The molecule has 5 heteroatoms. The monoisotopic (exact) mass is 468 g/mol. The molecule has 3 aromatic rings. The molecule has 2 unspecified atom stereocenters. The summed E-state index contributed by atoms with van der Waals surface area (Å²) in [4.78, 5) is 5.19. The lowest BCUT2D eigenvalue weighted by Crippen LogP contribution is -2.05. The maximum atomic E-state index is 13.0. The second-order valence-electron chi connectivity index (χ2n) is 10.3. The van der Waals surface area contributed by atoms with Crippen LogP contribution in [0.3, 0.4) is 0 Å². The zero-order chi connectivity index (χ0) is 24.6. The predicted molar refractivity (Wildman–Crippen MR) is 135 cm³/mol. The Morgan fingerprint density at radius 3 is 2.56 bits per heavy atom. The van der Waals surface area contributed by atoms with Gasteiger partial charge in [0.1, 0.15) is 0 Å². The molecule has 0 amide bonds. The number of aryl methyl sites for hydroxylation is 2. The van der Waals surface area contributed by atoms with Crippen molar-refractivity contribution in [2.45, 2.75) is 58.5 Å². The lowest BCUT2D eigenvalue weighted by atomic mass is 9.91. The smallest absolute Gasteiger partial charge is 0.383 e. The number of alkyl halides is 3. The molecule has 1 aromatic heterocycles. The second-order valence-corrected chi connectivity index (χ2v) is 10.3. The summed E-state index contributed by atoms with van der Waals surface area (Å²) in [5.41, 5.74) is 6.51. The van der Waals surface area contributed by atoms with E-state index < -0.39 is 11.7 Å². The van der Waals surface area contributed by atoms with Crippen molar-refractivity contribution in [2.24, 2.45) is 11.8 Å². The van der Waals surface area contributed by atoms with Crippen molar-refractivity contribution in [2.75, 3.05) is 14.1 Å². The number of aromatic nitrogens is 1. The highest BCUT2D eigenvalue weighted by Gasteiger charge is 2.37. The topological polar surface area (TPSA) is 19.0 Å². The van der Waals surface area contributed by atoms with Gasteiger partial charge in [-0.25, -0.2) is 0 Å². The number of allylic oxidation sites excluding steroid dienone is 1. The van der Waals surface area contributed by atoms with E-state index in [2.05, 4.69) is 69.1 Å². The summed E-state index contributed by atoms with van der Waals surface area (Å²) < 4.78 is 39.1. The fraction of sp³-hybridized carbons (Fsp3) is 0.448. The van der Waals surface area contributed by atoms with E-state index in [0.29, 0.717) is 11.4 Å². The van der Waals surface area contributed by atoms with Gasteiger partial charge < -0.3 is 9.88 Å². The molecule has 1 heterocycles. The van der Waals surface area contributed by atoms with Gasteiger partial charge in [-0.15, -0.1) is 0 Å². The van der Waals surface area contributed by atoms with Gasteiger partial charge in [0.25, 0.3) is 0 Å². The van der Waals surface area contributed by atoms with Crippen molar-refractivity contribution >= 4 is 16.5 Å². The van der Waals surface area contributed by atoms with Crippen molar-refractivity contribution in [3.05, 3.63) is 76.6 Å². The molecule has 34 heavy (non-hydrogen) atoms. The molecule has 0 bridgehead atoms. The first-order chi connectivity index (χ1) is 16.0. The quantitative estimate of drug-likeness (QED) is 0.353. The van der Waals surface area contributed by atoms with Crippen LogP contribution in [-0.4, -0.2) is 24.0 Å². The van der Waals surface area contributed by atoms with Crippen LogP contribution in [0.2, 0.25) is 0 Å². The molecule has 1 aliphatic carbocycles. The lowest BCUT2D eigenvalue weighted by Gasteiger charge is -2.16. The van der Waals surface area contributed by atoms with Crippen LogP contribution >= 0.6 is 0 Å². The van der Waals surface area contributed by atoms with Crippen LogP contribution in [-0.2, 0) is 12.6 Å². The van der Waals surface area contributed by atoms with Gasteiger partial charge in [0.15, 0.2) is 0 Å². The van der Waals surface area contributed by atoms with Crippen molar-refractivity contribution in [1.29, 1.82) is 0 Å². The van der Waals surface area contributed by atoms with Crippen LogP contribution < -0.4 is 0 Å². The SMILES string of the molecule is Cc1ccc(CCC[C@@H](C)c2c[nH]c3cc(C(F)(F)F)ccc23)cc1/C(=C\N(C)C)C1CC1C. The van der Waals surface area contributed by atoms with Crippen molar-refractivity contribution in [3.8, 4) is 0 Å². The van der Waals surface area contributed by atoms with Gasteiger partial charge in [0.05, 0.1) is 5.56 Å². The zero-order valence-electron chi connectivity index (χ0n) is 20.8. The molecule has 1 N–H and O–H groups in total. The molecule has 182 valence electrons. The Hall–Kier alpha value is -2.69. The van der Waals surface area contributed by atoms with Gasteiger partial charge >= 0.3 is 6.18 Å². The standard InChI is InChI=1S/C29H35F3N2/c1-18(26-16-33-28-15-22(29(30,31)32)11-12-23(26)28)7-6-8-21-10-9-19(2)25(14-21)27(17-34(4)5)24-13-20(24)3/h9-12,14-18,20,24,33H,6-8,13H2,1-5H3/b27-17-/t18-,20?,24?/m1/s1. The summed E-state index contributed by atoms with van der Waals surface area (Å²) in [5, 5.41) is 0.884. The van der Waals surface area contributed by atoms with Gasteiger partial charge in [-0.1, -0.05) is 38.1 Å². The van der Waals surface area contributed by atoms with E-state index in [1.165, 1.54) is 40.8 Å². The maximum Gasteiger partial charge on any atom is 0.416 e. The molecular formula is C29H35F3N2. The first kappa shape index (κ1) is 24.4. The van der Waals surface area contributed by atoms with Gasteiger partial charge in [0.2, 0.25) is 0 Å². The molecule has 2 nitrogen and oxygen atoms in total. The van der Waals surface area contributed by atoms with E-state index in [4.69, 9.17) is 0 Å². The third-order valence-electron chi connectivity index (χ3n) is 7.19. The van der Waals surface area contributed by atoms with Crippen molar-refractivity contribution in [1.82, 2.24) is 9.88 Å². The van der Waals surface area contributed by atoms with Crippen LogP contribution in [0.4, 0.5) is 13.2 Å². The average molecular weight is 469 g/mol. The molecule has 0 saturated heterocycles. The van der Waals surface area contributed by atoms with Crippen molar-refractivity contribution < 1.29 is 13.2 Å². The minimum Gasteiger partial charge on any atom is -0.383 e. The lowest BCUT2D eigenvalue weighted by molar-refractivity contribution is -0.137. The number of benzene rings is 2. The van der Waals surface area contributed by atoms with E-state index in [1.54, 1.807) is 6.07 Å². The molecule has 1 fully saturated rings. The highest BCUT2D eigenvalue weighted by atomic mass is 19.4. The number of hydrogen-bond donors (Lipinski definition) is 1. The predicted octanol–water partition coefficient (Wildman–Crippen LogP) is 8.18. The number of rotatable bonds is 8. The summed E-state index contributed by atoms with van der Waals surface area (Å²) in [6.45, 7) is 6.68. The van der Waals surface area contributed by atoms with Crippen LogP contribution in [0.15, 0.2) is 48.8 Å². The van der Waals surface area contributed by atoms with E-state index in [-0.39, 0.29) is 5.92 Å². The summed E-state index contributed by atoms with van der Waals surface area (Å²) >= 11 is 0. The number of H-pyrrole nitrogens is 1. The number of aromatic amines is 1. The Bertz CT molecular complexity index is 1190. The van der Waals surface area contributed by atoms with E-state index >= 15 is 0 Å². The number of nitrogens with one attached hydrogen (secondary N) is 1. The summed E-state index contributed by atoms with van der Waals surface area (Å²) in [7, 11) is 4.17. The molecule has 0 aliphatic heterocycles. The van der Waals surface area contributed by atoms with Gasteiger partial charge in [-0.05, 0) is 90.3 Å². The summed E-state index contributed by atoms with van der Waals surface area (Å²) in [6, 6.07) is 10.8. The molecule has 1 aliphatic rings. The fourth-order valence-corrected chi connectivity index (χ4v) is 5.03. The Labute approximate surface area is 200 Å². The molecule has 3 atom stereocenters. The number of nitrogens with zero attached hydrogens (tertiary/aromatic N) is 1. The number of fused-ring (bicyclic) bond motifs is 1. The number of halogens is 3. The van der Waals surface area contributed by atoms with E-state index in [0.717, 1.165) is 36.1 Å². The van der Waals surface area contributed by atoms with Gasteiger partial charge in [0, 0.05) is 37.4 Å². The summed E-state index contributed by atoms with van der Waals surface area (Å²) in [6.07, 6.45) is 4.10. The molecule has 4 rings (SSSR count). The summed E-state index contributed by atoms with van der Waals surface area (Å²) in [5.74, 6) is 1.67. The zero-order valence-corrected chi connectivity index (χ0v) is 20.8. The first-order valence-corrected chi connectivity index (χ1v) is 12.2. The van der Waals surface area contributed by atoms with Crippen LogP contribution in [0.25, 0.3) is 16.5 Å². The second kappa shape index (κ2) is 9.52. The van der Waals surface area contributed by atoms with Crippen molar-refractivity contribution in [3.63, 3.8) is 0 Å². The molecule has 1 saturated carbocycles. The van der Waals surface area contributed by atoms with Gasteiger partial charge in [-0.2, -0.15) is 13.2 Å². The third-order valence-corrected chi connectivity index (χ3v) is 7.19. The Morgan fingerprint density at radius 2 is 1.91 bits per heavy atom. The Morgan fingerprint density at radius 1 is 1.18 bits per heavy atom. The Balaban J connectivity index is 1.44.